The number of halogens is 1. The Labute approximate surface area is 185 Å². The molecule has 0 bridgehead atoms. The molecule has 1 unspecified atom stereocenters. The second kappa shape index (κ2) is 12.8. The minimum Gasteiger partial charge on any atom is -0.497 e. The number of carbonyl (C=O) groups is 1. The molecule has 1 heterocycles. The number of piperidine rings is 1. The fourth-order valence-electron chi connectivity index (χ4n) is 3.24. The van der Waals surface area contributed by atoms with Crippen molar-refractivity contribution in [2.75, 3.05) is 40.3 Å². The number of nitrogens with one attached hydrogen (secondary N) is 2. The number of hydrogen-bond acceptors (Lipinski definition) is 4. The summed E-state index contributed by atoms with van der Waals surface area (Å²) >= 11 is 0. The van der Waals surface area contributed by atoms with E-state index in [4.69, 9.17) is 4.74 Å². The lowest BCUT2D eigenvalue weighted by Crippen LogP contribution is -2.46. The highest BCUT2D eigenvalue weighted by Gasteiger charge is 2.23. The minimum atomic E-state index is -0.657. The Hall–Kier alpha value is -1.55. The van der Waals surface area contributed by atoms with Crippen molar-refractivity contribution in [3.8, 4) is 5.75 Å². The number of carbonyl (C=O) groups excluding carboxylic acids is 1. The predicted octanol–water partition coefficient (Wildman–Crippen LogP) is 2.16. The summed E-state index contributed by atoms with van der Waals surface area (Å²) < 4.78 is 5.15. The fraction of sp³-hybridized carbons (Fsp3) is 0.600. The first-order valence-corrected chi connectivity index (χ1v) is 9.63. The minimum absolute atomic E-state index is 0. The van der Waals surface area contributed by atoms with E-state index in [1.807, 2.05) is 31.2 Å². The van der Waals surface area contributed by atoms with E-state index < -0.39 is 6.10 Å². The number of aliphatic imine (C=N–C) groups is 1. The first-order chi connectivity index (χ1) is 13.1. The van der Waals surface area contributed by atoms with Crippen LogP contribution in [0.4, 0.5) is 0 Å². The van der Waals surface area contributed by atoms with E-state index in [9.17, 15) is 9.90 Å². The first kappa shape index (κ1) is 24.5. The highest BCUT2D eigenvalue weighted by atomic mass is 127. The highest BCUT2D eigenvalue weighted by Crippen LogP contribution is 2.21. The molecule has 0 aliphatic carbocycles. The Morgan fingerprint density at radius 3 is 2.50 bits per heavy atom. The van der Waals surface area contributed by atoms with Gasteiger partial charge in [0, 0.05) is 33.1 Å². The van der Waals surface area contributed by atoms with Gasteiger partial charge in [0.05, 0.1) is 19.8 Å². The van der Waals surface area contributed by atoms with E-state index in [0.717, 1.165) is 49.7 Å². The van der Waals surface area contributed by atoms with Crippen molar-refractivity contribution in [2.24, 2.45) is 10.9 Å². The number of hydrogen-bond donors (Lipinski definition) is 3. The van der Waals surface area contributed by atoms with Crippen LogP contribution < -0.4 is 15.4 Å². The van der Waals surface area contributed by atoms with E-state index in [1.54, 1.807) is 14.2 Å². The second-order valence-electron chi connectivity index (χ2n) is 6.79. The molecule has 1 atom stereocenters. The van der Waals surface area contributed by atoms with Gasteiger partial charge in [-0.05, 0) is 43.4 Å². The maximum Gasteiger partial charge on any atom is 0.220 e. The number of aliphatic hydroxyl groups excluding tert-OH is 1. The monoisotopic (exact) mass is 504 g/mol. The molecule has 158 valence electrons. The van der Waals surface area contributed by atoms with Gasteiger partial charge in [-0.25, -0.2) is 0 Å². The lowest BCUT2D eigenvalue weighted by atomic mass is 9.93. The van der Waals surface area contributed by atoms with Crippen LogP contribution in [0.25, 0.3) is 0 Å². The summed E-state index contributed by atoms with van der Waals surface area (Å²) in [6.45, 7) is 4.84. The molecule has 1 amide bonds. The van der Waals surface area contributed by atoms with Gasteiger partial charge in [-0.1, -0.05) is 12.1 Å². The number of methoxy groups -OCH3 is 1. The number of rotatable bonds is 7. The van der Waals surface area contributed by atoms with Crippen LogP contribution in [0, 0.1) is 5.92 Å². The molecule has 7 nitrogen and oxygen atoms in total. The average molecular weight is 504 g/mol. The Balaban J connectivity index is 0.00000392. The number of nitrogens with zero attached hydrogens (tertiary/aromatic N) is 2. The molecule has 0 saturated carbocycles. The summed E-state index contributed by atoms with van der Waals surface area (Å²) in [5, 5.41) is 16.4. The van der Waals surface area contributed by atoms with Gasteiger partial charge in [-0.3, -0.25) is 9.79 Å². The summed E-state index contributed by atoms with van der Waals surface area (Å²) in [5.41, 5.74) is 0.819. The van der Waals surface area contributed by atoms with Crippen molar-refractivity contribution in [1.82, 2.24) is 15.5 Å². The zero-order chi connectivity index (χ0) is 19.6. The quantitative estimate of drug-likeness (QED) is 0.301. The Morgan fingerprint density at radius 1 is 1.32 bits per heavy atom. The van der Waals surface area contributed by atoms with Crippen molar-refractivity contribution in [1.29, 1.82) is 0 Å². The van der Waals surface area contributed by atoms with Crippen LogP contribution in [-0.2, 0) is 4.79 Å². The van der Waals surface area contributed by atoms with Gasteiger partial charge in [-0.2, -0.15) is 0 Å². The third-order valence-corrected chi connectivity index (χ3v) is 4.92. The fourth-order valence-corrected chi connectivity index (χ4v) is 3.24. The number of likely N-dealkylation sites (tertiary alicyclic amines) is 1. The molecule has 1 aromatic carbocycles. The molecule has 0 spiro atoms. The number of aliphatic hydroxyl groups is 1. The SMILES string of the molecule is CCNC(=NCC(O)c1ccc(OC)cc1)N1CCC(CC(=O)NC)CC1.I. The third kappa shape index (κ3) is 7.46. The lowest BCUT2D eigenvalue weighted by Gasteiger charge is -2.34. The van der Waals surface area contributed by atoms with Gasteiger partial charge < -0.3 is 25.4 Å². The molecule has 0 aromatic heterocycles. The van der Waals surface area contributed by atoms with Crippen LogP contribution in [0.15, 0.2) is 29.3 Å². The zero-order valence-corrected chi connectivity index (χ0v) is 19.3. The molecule has 1 saturated heterocycles. The highest BCUT2D eigenvalue weighted by molar-refractivity contribution is 14.0. The Kier molecular flexibility index (Phi) is 11.2. The molecule has 28 heavy (non-hydrogen) atoms. The Morgan fingerprint density at radius 2 is 1.96 bits per heavy atom. The topological polar surface area (TPSA) is 86.2 Å². The smallest absolute Gasteiger partial charge is 0.220 e. The third-order valence-electron chi connectivity index (χ3n) is 4.92. The van der Waals surface area contributed by atoms with Crippen LogP contribution in [-0.4, -0.2) is 62.2 Å². The van der Waals surface area contributed by atoms with Crippen LogP contribution in [0.3, 0.4) is 0 Å². The summed E-state index contributed by atoms with van der Waals surface area (Å²) in [5.74, 6) is 2.12. The van der Waals surface area contributed by atoms with Crippen molar-refractivity contribution < 1.29 is 14.6 Å². The van der Waals surface area contributed by atoms with Crippen molar-refractivity contribution in [3.63, 3.8) is 0 Å². The number of benzene rings is 1. The van der Waals surface area contributed by atoms with E-state index >= 15 is 0 Å². The molecule has 8 heteroatoms. The summed E-state index contributed by atoms with van der Waals surface area (Å²) in [6, 6.07) is 7.39. The Bertz CT molecular complexity index is 616. The predicted molar refractivity (Wildman–Crippen MR) is 122 cm³/mol. The molecule has 3 N–H and O–H groups in total. The maximum atomic E-state index is 11.6. The molecule has 1 fully saturated rings. The lowest BCUT2D eigenvalue weighted by molar-refractivity contribution is -0.121. The van der Waals surface area contributed by atoms with E-state index in [-0.39, 0.29) is 29.9 Å². The largest absolute Gasteiger partial charge is 0.497 e. The van der Waals surface area contributed by atoms with Gasteiger partial charge in [0.25, 0.3) is 0 Å². The molecule has 1 aromatic rings. The number of ether oxygens (including phenoxy) is 1. The molecular weight excluding hydrogens is 471 g/mol. The van der Waals surface area contributed by atoms with Crippen molar-refractivity contribution in [2.45, 2.75) is 32.3 Å². The van der Waals surface area contributed by atoms with Crippen LogP contribution in [0.1, 0.15) is 37.9 Å². The zero-order valence-electron chi connectivity index (χ0n) is 17.0. The first-order valence-electron chi connectivity index (χ1n) is 9.63. The van der Waals surface area contributed by atoms with Gasteiger partial charge in [0.2, 0.25) is 5.91 Å². The summed E-state index contributed by atoms with van der Waals surface area (Å²) in [6.07, 6.45) is 1.88. The van der Waals surface area contributed by atoms with E-state index in [1.165, 1.54) is 0 Å². The van der Waals surface area contributed by atoms with Crippen molar-refractivity contribution >= 4 is 35.8 Å². The standard InChI is InChI=1S/C20H32N4O3.HI/c1-4-22-20(24-11-9-15(10-12-24)13-19(26)21-2)23-14-18(25)16-5-7-17(27-3)8-6-16;/h5-8,15,18,25H,4,9-14H2,1-3H3,(H,21,26)(H,22,23);1H. The molecule has 1 aliphatic rings. The van der Waals surface area contributed by atoms with Gasteiger partial charge in [0.15, 0.2) is 5.96 Å². The van der Waals surface area contributed by atoms with Crippen LogP contribution in [0.5, 0.6) is 5.75 Å². The van der Waals surface area contributed by atoms with Gasteiger partial charge in [-0.15, -0.1) is 24.0 Å². The second-order valence-corrected chi connectivity index (χ2v) is 6.79. The molecular formula is C20H33IN4O3. The van der Waals surface area contributed by atoms with Gasteiger partial charge >= 0.3 is 0 Å². The molecule has 0 radical (unpaired) electrons. The number of guanidine groups is 1. The van der Waals surface area contributed by atoms with E-state index in [2.05, 4.69) is 20.5 Å². The number of amides is 1. The summed E-state index contributed by atoms with van der Waals surface area (Å²) in [4.78, 5) is 18.4. The van der Waals surface area contributed by atoms with Crippen LogP contribution in [0.2, 0.25) is 0 Å². The van der Waals surface area contributed by atoms with Gasteiger partial charge in [0.1, 0.15) is 5.75 Å². The van der Waals surface area contributed by atoms with Crippen molar-refractivity contribution in [3.05, 3.63) is 29.8 Å². The summed E-state index contributed by atoms with van der Waals surface area (Å²) in [7, 11) is 3.30. The normalized spacial score (nSPS) is 16.1. The molecule has 2 rings (SSSR count). The van der Waals surface area contributed by atoms with Crippen LogP contribution >= 0.6 is 24.0 Å². The molecule has 1 aliphatic heterocycles. The average Bonchev–Trinajstić information content (AvgIpc) is 2.71. The van der Waals surface area contributed by atoms with E-state index in [0.29, 0.717) is 18.9 Å². The maximum absolute atomic E-state index is 11.6.